The van der Waals surface area contributed by atoms with Gasteiger partial charge in [0.1, 0.15) is 11.8 Å². The topological polar surface area (TPSA) is 82.1 Å². The minimum absolute atomic E-state index is 0.204. The molecule has 33 heavy (non-hydrogen) atoms. The smallest absolute Gasteiger partial charge is 0.338 e. The molecule has 0 unspecified atom stereocenters. The molecule has 0 aliphatic carbocycles. The molecule has 1 heterocycles. The first-order valence-electron chi connectivity index (χ1n) is 10.5. The van der Waals surface area contributed by atoms with Crippen molar-refractivity contribution >= 4 is 23.5 Å². The van der Waals surface area contributed by atoms with Crippen molar-refractivity contribution in [2.45, 2.75) is 19.1 Å². The van der Waals surface area contributed by atoms with Gasteiger partial charge in [-0.2, -0.15) is 0 Å². The number of anilines is 1. The van der Waals surface area contributed by atoms with Gasteiger partial charge in [0.2, 0.25) is 6.10 Å². The van der Waals surface area contributed by atoms with Crippen LogP contribution >= 0.6 is 0 Å². The fraction of sp³-hybridized carbons (Fsp3) is 0.192. The number of hydrogen-bond acceptors (Lipinski definition) is 6. The highest BCUT2D eigenvalue weighted by molar-refractivity contribution is 6.05. The Kier molecular flexibility index (Phi) is 6.40. The summed E-state index contributed by atoms with van der Waals surface area (Å²) in [5.74, 6) is -0.469. The third-order valence-electron chi connectivity index (χ3n) is 5.38. The van der Waals surface area contributed by atoms with Gasteiger partial charge in [0.15, 0.2) is 0 Å². The average molecular weight is 445 g/mol. The van der Waals surface area contributed by atoms with Crippen LogP contribution in [0.5, 0.6) is 5.75 Å². The number of rotatable bonds is 7. The highest BCUT2D eigenvalue weighted by Gasteiger charge is 2.51. The molecule has 4 rings (SSSR count). The number of nitrogens with zero attached hydrogens (tertiary/aromatic N) is 1. The number of carbonyl (C=O) groups is 3. The third kappa shape index (κ3) is 4.43. The number of ether oxygens (including phenoxy) is 3. The largest absolute Gasteiger partial charge is 0.478 e. The second-order valence-corrected chi connectivity index (χ2v) is 7.39. The zero-order valence-corrected chi connectivity index (χ0v) is 18.3. The summed E-state index contributed by atoms with van der Waals surface area (Å²) in [6.45, 7) is 2.03. The molecular formula is C26H23NO6. The molecule has 1 amide bonds. The van der Waals surface area contributed by atoms with Gasteiger partial charge in [0.25, 0.3) is 5.91 Å². The molecule has 0 bridgehead atoms. The molecular weight excluding hydrogens is 422 g/mol. The quantitative estimate of drug-likeness (QED) is 0.401. The number of esters is 2. The fourth-order valence-electron chi connectivity index (χ4n) is 3.74. The number of para-hydroxylation sites is 1. The first-order valence-corrected chi connectivity index (χ1v) is 10.5. The van der Waals surface area contributed by atoms with Crippen LogP contribution in [0.3, 0.4) is 0 Å². The lowest BCUT2D eigenvalue weighted by molar-refractivity contribution is -0.135. The minimum Gasteiger partial charge on any atom is -0.478 e. The average Bonchev–Trinajstić information content (AvgIpc) is 2.86. The third-order valence-corrected chi connectivity index (χ3v) is 5.38. The zero-order chi connectivity index (χ0) is 23.4. The molecule has 2 atom stereocenters. The van der Waals surface area contributed by atoms with E-state index in [2.05, 4.69) is 0 Å². The summed E-state index contributed by atoms with van der Waals surface area (Å²) < 4.78 is 15.8. The maximum atomic E-state index is 13.1. The van der Waals surface area contributed by atoms with Crippen LogP contribution in [0.25, 0.3) is 0 Å². The van der Waals surface area contributed by atoms with Gasteiger partial charge >= 0.3 is 11.9 Å². The molecule has 0 radical (unpaired) electrons. The molecule has 3 aromatic carbocycles. The number of β-lactam (4-membered cyclic amide) rings is 1. The predicted octanol–water partition coefficient (Wildman–Crippen LogP) is 4.19. The first-order chi connectivity index (χ1) is 16.0. The van der Waals surface area contributed by atoms with Gasteiger partial charge in [-0.15, -0.1) is 0 Å². The second kappa shape index (κ2) is 9.56. The van der Waals surface area contributed by atoms with Crippen molar-refractivity contribution < 1.29 is 28.6 Å². The van der Waals surface area contributed by atoms with Crippen molar-refractivity contribution in [1.29, 1.82) is 0 Å². The Morgan fingerprint density at radius 1 is 0.848 bits per heavy atom. The van der Waals surface area contributed by atoms with Crippen LogP contribution in [-0.2, 0) is 14.3 Å². The molecule has 3 aromatic rings. The Bertz CT molecular complexity index is 1140. The van der Waals surface area contributed by atoms with Crippen molar-refractivity contribution in [3.63, 3.8) is 0 Å². The molecule has 1 aliphatic heterocycles. The number of benzene rings is 3. The molecule has 168 valence electrons. The van der Waals surface area contributed by atoms with Gasteiger partial charge in [0.05, 0.1) is 24.8 Å². The van der Waals surface area contributed by atoms with Crippen molar-refractivity contribution in [2.24, 2.45) is 0 Å². The molecule has 7 heteroatoms. The van der Waals surface area contributed by atoms with Crippen LogP contribution in [0.4, 0.5) is 5.69 Å². The SMILES string of the molecule is CCOC(=O)c1ccc(N2C(=O)[C@H](Oc3ccccc3)[C@@H]2c2ccc(C(=O)OC)cc2)cc1. The first kappa shape index (κ1) is 22.1. The Morgan fingerprint density at radius 2 is 1.45 bits per heavy atom. The van der Waals surface area contributed by atoms with E-state index in [1.54, 1.807) is 72.5 Å². The van der Waals surface area contributed by atoms with Gasteiger partial charge < -0.3 is 14.2 Å². The van der Waals surface area contributed by atoms with Crippen LogP contribution in [0.15, 0.2) is 78.9 Å². The zero-order valence-electron chi connectivity index (χ0n) is 18.3. The van der Waals surface area contributed by atoms with E-state index in [0.29, 0.717) is 22.6 Å². The van der Waals surface area contributed by atoms with Crippen molar-refractivity contribution in [3.05, 3.63) is 95.6 Å². The lowest BCUT2D eigenvalue weighted by Crippen LogP contribution is -2.61. The van der Waals surface area contributed by atoms with Crippen molar-refractivity contribution in [2.75, 3.05) is 18.6 Å². The summed E-state index contributed by atoms with van der Waals surface area (Å²) in [6.07, 6.45) is -0.735. The molecule has 0 saturated carbocycles. The lowest BCUT2D eigenvalue weighted by Gasteiger charge is -2.46. The van der Waals surface area contributed by atoms with E-state index < -0.39 is 24.1 Å². The van der Waals surface area contributed by atoms with E-state index in [1.807, 2.05) is 18.2 Å². The Labute approximate surface area is 191 Å². The van der Waals surface area contributed by atoms with E-state index in [4.69, 9.17) is 14.2 Å². The Morgan fingerprint density at radius 3 is 2.06 bits per heavy atom. The second-order valence-electron chi connectivity index (χ2n) is 7.39. The van der Waals surface area contributed by atoms with Crippen molar-refractivity contribution in [3.8, 4) is 5.75 Å². The Hall–Kier alpha value is -4.13. The summed E-state index contributed by atoms with van der Waals surface area (Å²) in [7, 11) is 1.33. The van der Waals surface area contributed by atoms with Gasteiger partial charge in [0, 0.05) is 5.69 Å². The number of methoxy groups -OCH3 is 1. The van der Waals surface area contributed by atoms with E-state index >= 15 is 0 Å². The van der Waals surface area contributed by atoms with E-state index in [0.717, 1.165) is 5.56 Å². The normalized spacial score (nSPS) is 17.2. The maximum Gasteiger partial charge on any atom is 0.338 e. The minimum atomic E-state index is -0.735. The van der Waals surface area contributed by atoms with E-state index in [1.165, 1.54) is 7.11 Å². The lowest BCUT2D eigenvalue weighted by atomic mass is 9.89. The highest BCUT2D eigenvalue weighted by Crippen LogP contribution is 2.41. The van der Waals surface area contributed by atoms with Crippen LogP contribution in [0, 0.1) is 0 Å². The van der Waals surface area contributed by atoms with Crippen LogP contribution in [-0.4, -0.2) is 37.7 Å². The van der Waals surface area contributed by atoms with Crippen LogP contribution in [0.2, 0.25) is 0 Å². The van der Waals surface area contributed by atoms with Gasteiger partial charge in [-0.3, -0.25) is 9.69 Å². The van der Waals surface area contributed by atoms with E-state index in [-0.39, 0.29) is 12.5 Å². The van der Waals surface area contributed by atoms with Gasteiger partial charge in [-0.05, 0) is 61.0 Å². The molecule has 7 nitrogen and oxygen atoms in total. The molecule has 1 fully saturated rings. The fourth-order valence-corrected chi connectivity index (χ4v) is 3.74. The summed E-state index contributed by atoms with van der Waals surface area (Å²) in [5.41, 5.74) is 2.25. The molecule has 1 saturated heterocycles. The van der Waals surface area contributed by atoms with Gasteiger partial charge in [-0.1, -0.05) is 30.3 Å². The van der Waals surface area contributed by atoms with Gasteiger partial charge in [-0.25, -0.2) is 9.59 Å². The van der Waals surface area contributed by atoms with Crippen molar-refractivity contribution in [1.82, 2.24) is 0 Å². The van der Waals surface area contributed by atoms with Crippen LogP contribution in [0.1, 0.15) is 39.2 Å². The molecule has 1 aliphatic rings. The summed E-state index contributed by atoms with van der Waals surface area (Å²) in [6, 6.07) is 22.3. The monoisotopic (exact) mass is 445 g/mol. The summed E-state index contributed by atoms with van der Waals surface area (Å²) >= 11 is 0. The summed E-state index contributed by atoms with van der Waals surface area (Å²) in [5, 5.41) is 0. The molecule has 0 aromatic heterocycles. The standard InChI is InChI=1S/C26H23NO6/c1-3-32-26(30)19-13-15-20(16-14-19)27-22(17-9-11-18(12-10-17)25(29)31-2)23(24(27)28)33-21-7-5-4-6-8-21/h4-16,22-23H,3H2,1-2H3/t22-,23+/m0/s1. The number of amides is 1. The summed E-state index contributed by atoms with van der Waals surface area (Å²) in [4.78, 5) is 38.5. The number of carbonyl (C=O) groups excluding carboxylic acids is 3. The predicted molar refractivity (Wildman–Crippen MR) is 121 cm³/mol. The number of hydrogen-bond donors (Lipinski definition) is 0. The maximum absolute atomic E-state index is 13.1. The van der Waals surface area contributed by atoms with E-state index in [9.17, 15) is 14.4 Å². The Balaban J connectivity index is 1.64. The molecule has 0 spiro atoms. The van der Waals surface area contributed by atoms with Crippen LogP contribution < -0.4 is 9.64 Å². The molecule has 0 N–H and O–H groups in total. The highest BCUT2D eigenvalue weighted by atomic mass is 16.5.